The third-order valence-corrected chi connectivity index (χ3v) is 2.61. The van der Waals surface area contributed by atoms with Gasteiger partial charge in [0.05, 0.1) is 18.3 Å². The molecule has 0 bridgehead atoms. The Kier molecular flexibility index (Phi) is 2.90. The Morgan fingerprint density at radius 1 is 1.60 bits per heavy atom. The van der Waals surface area contributed by atoms with Crippen LogP contribution >= 0.6 is 22.6 Å². The molecule has 5 heteroatoms. The number of carbonyl (C=O) groups excluding carboxylic acids is 1. The van der Waals surface area contributed by atoms with E-state index in [1.807, 2.05) is 18.3 Å². The highest BCUT2D eigenvalue weighted by atomic mass is 127. The molecule has 0 aliphatic rings. The zero-order valence-electron chi connectivity index (χ0n) is 8.11. The molecule has 0 saturated carbocycles. The SMILES string of the molecule is CCOC(=O)c1cnn2cc(I)ccc12. The van der Waals surface area contributed by atoms with Gasteiger partial charge in [-0.15, -0.1) is 0 Å². The summed E-state index contributed by atoms with van der Waals surface area (Å²) in [6, 6.07) is 3.79. The van der Waals surface area contributed by atoms with Crippen LogP contribution in [0.25, 0.3) is 5.52 Å². The summed E-state index contributed by atoms with van der Waals surface area (Å²) in [5.41, 5.74) is 1.28. The van der Waals surface area contributed by atoms with Crippen LogP contribution in [0.5, 0.6) is 0 Å². The summed E-state index contributed by atoms with van der Waals surface area (Å²) in [5, 5.41) is 4.09. The quantitative estimate of drug-likeness (QED) is 0.630. The standard InChI is InChI=1S/C10H9IN2O2/c1-2-15-10(14)8-5-12-13-6-7(11)3-4-9(8)13/h3-6H,2H2,1H3. The first-order valence-electron chi connectivity index (χ1n) is 4.52. The first kappa shape index (κ1) is 10.4. The average Bonchev–Trinajstić information content (AvgIpc) is 2.60. The highest BCUT2D eigenvalue weighted by molar-refractivity contribution is 14.1. The smallest absolute Gasteiger partial charge is 0.341 e. The number of hydrogen-bond donors (Lipinski definition) is 0. The lowest BCUT2D eigenvalue weighted by Crippen LogP contribution is -2.03. The maximum atomic E-state index is 11.5. The van der Waals surface area contributed by atoms with Gasteiger partial charge in [0.15, 0.2) is 0 Å². The first-order valence-corrected chi connectivity index (χ1v) is 5.60. The fourth-order valence-corrected chi connectivity index (χ4v) is 1.77. The van der Waals surface area contributed by atoms with Crippen LogP contribution in [0.3, 0.4) is 0 Å². The molecule has 0 unspecified atom stereocenters. The Labute approximate surface area is 100 Å². The third kappa shape index (κ3) is 1.97. The molecule has 2 heterocycles. The molecule has 0 aliphatic heterocycles. The van der Waals surface area contributed by atoms with Crippen molar-refractivity contribution in [2.24, 2.45) is 0 Å². The molecule has 0 fully saturated rings. The van der Waals surface area contributed by atoms with Gasteiger partial charge in [0.25, 0.3) is 0 Å². The summed E-state index contributed by atoms with van der Waals surface area (Å²) < 4.78 is 7.67. The molecule has 2 aromatic heterocycles. The molecule has 0 amide bonds. The van der Waals surface area contributed by atoms with Crippen LogP contribution in [0.2, 0.25) is 0 Å². The predicted molar refractivity (Wildman–Crippen MR) is 63.9 cm³/mol. The van der Waals surface area contributed by atoms with Gasteiger partial charge in [-0.2, -0.15) is 5.10 Å². The highest BCUT2D eigenvalue weighted by Crippen LogP contribution is 2.14. The van der Waals surface area contributed by atoms with E-state index in [-0.39, 0.29) is 5.97 Å². The second-order valence-electron chi connectivity index (χ2n) is 2.96. The maximum Gasteiger partial charge on any atom is 0.341 e. The molecule has 0 atom stereocenters. The lowest BCUT2D eigenvalue weighted by atomic mass is 10.3. The molecule has 2 rings (SSSR count). The summed E-state index contributed by atoms with van der Waals surface area (Å²) in [7, 11) is 0. The zero-order chi connectivity index (χ0) is 10.8. The second kappa shape index (κ2) is 4.18. The number of aromatic nitrogens is 2. The molecular weight excluding hydrogens is 307 g/mol. The summed E-state index contributed by atoms with van der Waals surface area (Å²) in [6.07, 6.45) is 3.39. The molecule has 0 spiro atoms. The predicted octanol–water partition coefficient (Wildman–Crippen LogP) is 2.12. The minimum absolute atomic E-state index is 0.325. The van der Waals surface area contributed by atoms with E-state index in [0.717, 1.165) is 9.09 Å². The Balaban J connectivity index is 2.49. The minimum Gasteiger partial charge on any atom is -0.462 e. The first-order chi connectivity index (χ1) is 7.22. The van der Waals surface area contributed by atoms with Crippen LogP contribution in [0.15, 0.2) is 24.5 Å². The Morgan fingerprint density at radius 2 is 2.40 bits per heavy atom. The topological polar surface area (TPSA) is 43.6 Å². The molecule has 0 saturated heterocycles. The van der Waals surface area contributed by atoms with Crippen molar-refractivity contribution < 1.29 is 9.53 Å². The zero-order valence-corrected chi connectivity index (χ0v) is 10.3. The van der Waals surface area contributed by atoms with Gasteiger partial charge in [-0.3, -0.25) is 0 Å². The van der Waals surface area contributed by atoms with Crippen LogP contribution in [0.4, 0.5) is 0 Å². The number of fused-ring (bicyclic) bond motifs is 1. The third-order valence-electron chi connectivity index (χ3n) is 1.98. The fraction of sp³-hybridized carbons (Fsp3) is 0.200. The number of rotatable bonds is 2. The summed E-state index contributed by atoms with van der Waals surface area (Å²) >= 11 is 2.19. The van der Waals surface area contributed by atoms with Gasteiger partial charge in [0, 0.05) is 9.77 Å². The number of carbonyl (C=O) groups is 1. The van der Waals surface area contributed by atoms with Crippen molar-refractivity contribution in [2.75, 3.05) is 6.61 Å². The van der Waals surface area contributed by atoms with Crippen LogP contribution in [-0.4, -0.2) is 22.2 Å². The van der Waals surface area contributed by atoms with E-state index in [1.54, 1.807) is 11.4 Å². The lowest BCUT2D eigenvalue weighted by molar-refractivity contribution is 0.0528. The van der Waals surface area contributed by atoms with Gasteiger partial charge in [-0.05, 0) is 41.6 Å². The lowest BCUT2D eigenvalue weighted by Gasteiger charge is -1.99. The summed E-state index contributed by atoms with van der Waals surface area (Å²) in [6.45, 7) is 2.16. The molecular formula is C10H9IN2O2. The Bertz CT molecular complexity index is 507. The van der Waals surface area contributed by atoms with E-state index >= 15 is 0 Å². The molecule has 2 aromatic rings. The monoisotopic (exact) mass is 316 g/mol. The normalized spacial score (nSPS) is 10.5. The molecule has 0 aromatic carbocycles. The average molecular weight is 316 g/mol. The summed E-state index contributed by atoms with van der Waals surface area (Å²) in [5.74, 6) is -0.325. The van der Waals surface area contributed by atoms with Crippen molar-refractivity contribution in [1.29, 1.82) is 0 Å². The van der Waals surface area contributed by atoms with Crippen LogP contribution in [0.1, 0.15) is 17.3 Å². The van der Waals surface area contributed by atoms with E-state index in [4.69, 9.17) is 4.74 Å². The molecule has 0 aliphatic carbocycles. The van der Waals surface area contributed by atoms with E-state index < -0.39 is 0 Å². The number of nitrogens with zero attached hydrogens (tertiary/aromatic N) is 2. The fourth-order valence-electron chi connectivity index (χ4n) is 1.33. The van der Waals surface area contributed by atoms with Gasteiger partial charge in [0.2, 0.25) is 0 Å². The molecule has 78 valence electrons. The Morgan fingerprint density at radius 3 is 3.13 bits per heavy atom. The number of esters is 1. The van der Waals surface area contributed by atoms with E-state index in [9.17, 15) is 4.79 Å². The number of ether oxygens (including phenoxy) is 1. The van der Waals surface area contributed by atoms with Gasteiger partial charge in [0.1, 0.15) is 5.56 Å². The van der Waals surface area contributed by atoms with Crippen molar-refractivity contribution in [2.45, 2.75) is 6.92 Å². The molecule has 15 heavy (non-hydrogen) atoms. The summed E-state index contributed by atoms with van der Waals surface area (Å²) in [4.78, 5) is 11.5. The van der Waals surface area contributed by atoms with Gasteiger partial charge in [-0.25, -0.2) is 9.31 Å². The van der Waals surface area contributed by atoms with Crippen molar-refractivity contribution >= 4 is 34.1 Å². The van der Waals surface area contributed by atoms with E-state index in [1.165, 1.54) is 6.20 Å². The maximum absolute atomic E-state index is 11.5. The van der Waals surface area contributed by atoms with Gasteiger partial charge >= 0.3 is 5.97 Å². The largest absolute Gasteiger partial charge is 0.462 e. The van der Waals surface area contributed by atoms with Crippen LogP contribution in [-0.2, 0) is 4.74 Å². The molecule has 0 N–H and O–H groups in total. The van der Waals surface area contributed by atoms with Gasteiger partial charge < -0.3 is 4.74 Å². The Hall–Kier alpha value is -1.11. The van der Waals surface area contributed by atoms with E-state index in [0.29, 0.717) is 12.2 Å². The van der Waals surface area contributed by atoms with E-state index in [2.05, 4.69) is 27.7 Å². The second-order valence-corrected chi connectivity index (χ2v) is 4.20. The number of hydrogen-bond acceptors (Lipinski definition) is 3. The highest BCUT2D eigenvalue weighted by Gasteiger charge is 2.13. The number of pyridine rings is 1. The molecule has 0 radical (unpaired) electrons. The van der Waals surface area contributed by atoms with Crippen molar-refractivity contribution in [1.82, 2.24) is 9.61 Å². The molecule has 4 nitrogen and oxygen atoms in total. The minimum atomic E-state index is -0.325. The van der Waals surface area contributed by atoms with Crippen LogP contribution in [0, 0.1) is 3.57 Å². The van der Waals surface area contributed by atoms with Gasteiger partial charge in [-0.1, -0.05) is 0 Å². The van der Waals surface area contributed by atoms with Crippen molar-refractivity contribution in [3.8, 4) is 0 Å². The number of halogens is 1. The van der Waals surface area contributed by atoms with Crippen LogP contribution < -0.4 is 0 Å². The van der Waals surface area contributed by atoms with Crippen molar-refractivity contribution in [3.63, 3.8) is 0 Å². The van der Waals surface area contributed by atoms with Crippen molar-refractivity contribution in [3.05, 3.63) is 33.7 Å².